The molecule has 0 spiro atoms. The Hall–Kier alpha value is -2.69. The van der Waals surface area contributed by atoms with E-state index in [-0.39, 0.29) is 0 Å². The summed E-state index contributed by atoms with van der Waals surface area (Å²) in [6.45, 7) is 0. The Morgan fingerprint density at radius 3 is 2.80 bits per heavy atom. The lowest BCUT2D eigenvalue weighted by Gasteiger charge is -2.18. The van der Waals surface area contributed by atoms with Crippen LogP contribution in [0.1, 0.15) is 0 Å². The van der Waals surface area contributed by atoms with Crippen molar-refractivity contribution in [3.63, 3.8) is 0 Å². The second-order valence-corrected chi connectivity index (χ2v) is 4.57. The molecule has 0 fully saturated rings. The second-order valence-electron chi connectivity index (χ2n) is 4.57. The molecular weight excluding hydrogens is 252 g/mol. The fourth-order valence-corrected chi connectivity index (χ4v) is 2.19. The zero-order valence-electron chi connectivity index (χ0n) is 11.4. The van der Waals surface area contributed by atoms with Crippen molar-refractivity contribution in [2.75, 3.05) is 24.8 Å². The summed E-state index contributed by atoms with van der Waals surface area (Å²) in [7, 11) is 3.60. The normalized spacial score (nSPS) is 10.7. The van der Waals surface area contributed by atoms with Crippen molar-refractivity contribution in [2.24, 2.45) is 0 Å². The third-order valence-electron chi connectivity index (χ3n) is 3.26. The van der Waals surface area contributed by atoms with Crippen molar-refractivity contribution in [3.05, 3.63) is 42.5 Å². The molecule has 20 heavy (non-hydrogen) atoms. The third kappa shape index (κ3) is 2.03. The number of nitrogens with zero attached hydrogens (tertiary/aromatic N) is 2. The van der Waals surface area contributed by atoms with E-state index >= 15 is 0 Å². The maximum Gasteiger partial charge on any atom is 0.208 e. The van der Waals surface area contributed by atoms with Gasteiger partial charge < -0.3 is 20.4 Å². The maximum atomic E-state index is 5.78. The molecule has 0 atom stereocenters. The van der Waals surface area contributed by atoms with E-state index in [1.54, 1.807) is 7.11 Å². The summed E-state index contributed by atoms with van der Waals surface area (Å²) in [6, 6.07) is 13.4. The van der Waals surface area contributed by atoms with Gasteiger partial charge >= 0.3 is 0 Å². The van der Waals surface area contributed by atoms with E-state index in [0.717, 1.165) is 28.4 Å². The van der Waals surface area contributed by atoms with Crippen LogP contribution in [0.4, 0.5) is 17.3 Å². The molecule has 0 radical (unpaired) electrons. The largest absolute Gasteiger partial charge is 0.495 e. The van der Waals surface area contributed by atoms with E-state index in [9.17, 15) is 0 Å². The van der Waals surface area contributed by atoms with Crippen LogP contribution in [0.3, 0.4) is 0 Å². The summed E-state index contributed by atoms with van der Waals surface area (Å²) in [4.78, 5) is 9.78. The molecule has 3 N–H and O–H groups in total. The average Bonchev–Trinajstić information content (AvgIpc) is 2.89. The van der Waals surface area contributed by atoms with E-state index in [0.29, 0.717) is 5.69 Å². The number of anilines is 3. The van der Waals surface area contributed by atoms with Crippen LogP contribution in [0.15, 0.2) is 42.5 Å². The number of fused-ring (bicyclic) bond motifs is 1. The highest BCUT2D eigenvalue weighted by molar-refractivity contribution is 5.82. The Balaban J connectivity index is 2.05. The predicted molar refractivity (Wildman–Crippen MR) is 81.6 cm³/mol. The average molecular weight is 268 g/mol. The van der Waals surface area contributed by atoms with E-state index in [2.05, 4.69) is 9.97 Å². The lowest BCUT2D eigenvalue weighted by atomic mass is 10.3. The first kappa shape index (κ1) is 12.3. The fraction of sp³-hybridized carbons (Fsp3) is 0.133. The number of ether oxygens (including phenoxy) is 1. The van der Waals surface area contributed by atoms with Crippen molar-refractivity contribution in [2.45, 2.75) is 0 Å². The first-order chi connectivity index (χ1) is 9.69. The van der Waals surface area contributed by atoms with Crippen LogP contribution in [-0.4, -0.2) is 24.1 Å². The smallest absolute Gasteiger partial charge is 0.208 e. The molecule has 2 aromatic carbocycles. The first-order valence-electron chi connectivity index (χ1n) is 6.31. The number of methoxy groups -OCH3 is 1. The minimum Gasteiger partial charge on any atom is -0.495 e. The van der Waals surface area contributed by atoms with E-state index in [1.807, 2.05) is 54.4 Å². The van der Waals surface area contributed by atoms with Crippen LogP contribution in [-0.2, 0) is 0 Å². The number of aromatic nitrogens is 2. The van der Waals surface area contributed by atoms with Gasteiger partial charge in [-0.3, -0.25) is 0 Å². The molecular formula is C15H16N4O. The van der Waals surface area contributed by atoms with Crippen LogP contribution >= 0.6 is 0 Å². The van der Waals surface area contributed by atoms with E-state index < -0.39 is 0 Å². The molecule has 0 amide bonds. The van der Waals surface area contributed by atoms with Gasteiger partial charge in [0.15, 0.2) is 0 Å². The highest BCUT2D eigenvalue weighted by Crippen LogP contribution is 2.31. The van der Waals surface area contributed by atoms with Gasteiger partial charge in [0.25, 0.3) is 0 Å². The van der Waals surface area contributed by atoms with Crippen LogP contribution in [0.25, 0.3) is 11.0 Å². The molecule has 0 saturated heterocycles. The lowest BCUT2D eigenvalue weighted by Crippen LogP contribution is -2.12. The summed E-state index contributed by atoms with van der Waals surface area (Å²) in [5.41, 5.74) is 9.25. The summed E-state index contributed by atoms with van der Waals surface area (Å²) >= 11 is 0. The number of nitrogens with one attached hydrogen (secondary N) is 1. The minimum absolute atomic E-state index is 0.715. The topological polar surface area (TPSA) is 67.2 Å². The summed E-state index contributed by atoms with van der Waals surface area (Å²) in [6.07, 6.45) is 0. The minimum atomic E-state index is 0.715. The summed E-state index contributed by atoms with van der Waals surface area (Å²) in [5.74, 6) is 1.55. The molecule has 3 rings (SSSR count). The van der Waals surface area contributed by atoms with Gasteiger partial charge in [-0.25, -0.2) is 4.98 Å². The molecule has 0 saturated carbocycles. The Morgan fingerprint density at radius 1 is 1.20 bits per heavy atom. The fourth-order valence-electron chi connectivity index (χ4n) is 2.19. The number of nitrogen functional groups attached to an aromatic ring is 1. The molecule has 0 aliphatic heterocycles. The lowest BCUT2D eigenvalue weighted by molar-refractivity contribution is 0.415. The molecule has 0 aliphatic rings. The van der Waals surface area contributed by atoms with Gasteiger partial charge in [-0.1, -0.05) is 12.1 Å². The van der Waals surface area contributed by atoms with Gasteiger partial charge in [0.2, 0.25) is 5.95 Å². The zero-order chi connectivity index (χ0) is 14.1. The Labute approximate surface area is 117 Å². The number of H-pyrrole nitrogens is 1. The van der Waals surface area contributed by atoms with Crippen LogP contribution in [0.5, 0.6) is 5.75 Å². The van der Waals surface area contributed by atoms with Gasteiger partial charge in [-0.15, -0.1) is 0 Å². The number of imidazole rings is 1. The number of hydrogen-bond acceptors (Lipinski definition) is 4. The number of para-hydroxylation sites is 2. The highest BCUT2D eigenvalue weighted by Gasteiger charge is 2.13. The molecule has 5 heteroatoms. The number of aromatic amines is 1. The van der Waals surface area contributed by atoms with Gasteiger partial charge in [0, 0.05) is 12.7 Å². The van der Waals surface area contributed by atoms with Crippen LogP contribution < -0.4 is 15.4 Å². The molecule has 5 nitrogen and oxygen atoms in total. The summed E-state index contributed by atoms with van der Waals surface area (Å²) < 4.78 is 5.38. The number of benzene rings is 2. The molecule has 1 aromatic heterocycles. The van der Waals surface area contributed by atoms with Gasteiger partial charge in [0.1, 0.15) is 5.75 Å². The van der Waals surface area contributed by atoms with E-state index in [1.165, 1.54) is 0 Å². The van der Waals surface area contributed by atoms with E-state index in [4.69, 9.17) is 10.5 Å². The third-order valence-corrected chi connectivity index (χ3v) is 3.26. The Kier molecular flexibility index (Phi) is 2.95. The Bertz CT molecular complexity index is 750. The standard InChI is InChI=1S/C15H16N4O/c1-19(13-5-3-4-6-14(13)20-2)15-17-11-8-7-10(16)9-12(11)18-15/h3-9H,16H2,1-2H3,(H,17,18). The van der Waals surface area contributed by atoms with Crippen molar-refractivity contribution in [3.8, 4) is 5.75 Å². The number of nitrogens with two attached hydrogens (primary N) is 1. The quantitative estimate of drug-likeness (QED) is 0.717. The van der Waals surface area contributed by atoms with Gasteiger partial charge in [0.05, 0.1) is 23.8 Å². The first-order valence-corrected chi connectivity index (χ1v) is 6.31. The van der Waals surface area contributed by atoms with Crippen molar-refractivity contribution in [1.82, 2.24) is 9.97 Å². The molecule has 102 valence electrons. The molecule has 0 unspecified atom stereocenters. The van der Waals surface area contributed by atoms with Crippen molar-refractivity contribution >= 4 is 28.4 Å². The highest BCUT2D eigenvalue weighted by atomic mass is 16.5. The molecule has 0 bridgehead atoms. The zero-order valence-corrected chi connectivity index (χ0v) is 11.4. The maximum absolute atomic E-state index is 5.78. The Morgan fingerprint density at radius 2 is 2.00 bits per heavy atom. The monoisotopic (exact) mass is 268 g/mol. The second kappa shape index (κ2) is 4.77. The number of hydrogen-bond donors (Lipinski definition) is 2. The predicted octanol–water partition coefficient (Wildman–Crippen LogP) is 2.92. The molecule has 0 aliphatic carbocycles. The molecule has 1 heterocycles. The van der Waals surface area contributed by atoms with Crippen molar-refractivity contribution in [1.29, 1.82) is 0 Å². The van der Waals surface area contributed by atoms with Gasteiger partial charge in [-0.2, -0.15) is 0 Å². The van der Waals surface area contributed by atoms with Crippen LogP contribution in [0, 0.1) is 0 Å². The van der Waals surface area contributed by atoms with Gasteiger partial charge in [-0.05, 0) is 30.3 Å². The summed E-state index contributed by atoms with van der Waals surface area (Å²) in [5, 5.41) is 0. The van der Waals surface area contributed by atoms with Crippen LogP contribution in [0.2, 0.25) is 0 Å². The SMILES string of the molecule is COc1ccccc1N(C)c1nc2ccc(N)cc2[nH]1. The van der Waals surface area contributed by atoms with Crippen molar-refractivity contribution < 1.29 is 4.74 Å². The number of rotatable bonds is 3. The molecule has 3 aromatic rings.